The minimum absolute atomic E-state index is 0.100. The Hall–Kier alpha value is -4.22. The molecule has 0 unspecified atom stereocenters. The number of aliphatic hydroxyl groups excluding tert-OH is 2. The standard InChI is InChI=1S/C27H27F2N5O4/c1-3-11-30-26(38)16-8-7-15(2)19(12-16)23-18-9-10-22(37)34(24-20(28)5-4-6-21(24)29)25(18)33-27(32-23)31-17(13-35)14-36/h4-10,12,17,35-36H,3,11,13-14H2,1-2H3,(H,30,38)(H,31,32,33). The molecule has 198 valence electrons. The first-order chi connectivity index (χ1) is 18.3. The number of halogens is 2. The fraction of sp³-hybridized carbons (Fsp3) is 0.259. The highest BCUT2D eigenvalue weighted by molar-refractivity contribution is 5.98. The van der Waals surface area contributed by atoms with Crippen LogP contribution < -0.4 is 16.2 Å². The molecule has 1 amide bonds. The van der Waals surface area contributed by atoms with Crippen LogP contribution in [0, 0.1) is 18.6 Å². The van der Waals surface area contributed by atoms with E-state index in [4.69, 9.17) is 0 Å². The minimum Gasteiger partial charge on any atom is -0.394 e. The summed E-state index contributed by atoms with van der Waals surface area (Å²) in [6.07, 6.45) is 0.761. The number of hydrogen-bond donors (Lipinski definition) is 4. The van der Waals surface area contributed by atoms with Crippen molar-refractivity contribution < 1.29 is 23.8 Å². The Morgan fingerprint density at radius 3 is 2.42 bits per heavy atom. The van der Waals surface area contributed by atoms with Gasteiger partial charge in [0.15, 0.2) is 5.65 Å². The lowest BCUT2D eigenvalue weighted by Gasteiger charge is -2.18. The lowest BCUT2D eigenvalue weighted by Crippen LogP contribution is -2.29. The Morgan fingerprint density at radius 2 is 1.76 bits per heavy atom. The lowest BCUT2D eigenvalue weighted by atomic mass is 9.99. The van der Waals surface area contributed by atoms with E-state index in [1.807, 2.05) is 6.92 Å². The van der Waals surface area contributed by atoms with Gasteiger partial charge in [-0.15, -0.1) is 0 Å². The molecular weight excluding hydrogens is 496 g/mol. The SMILES string of the molecule is CCCNC(=O)c1ccc(C)c(-c2nc(NC(CO)CO)nc3c2ccc(=O)n3-c2c(F)cccc2F)c1. The van der Waals surface area contributed by atoms with Crippen molar-refractivity contribution >= 4 is 22.9 Å². The number of pyridine rings is 1. The van der Waals surface area contributed by atoms with Crippen LogP contribution in [0.2, 0.25) is 0 Å². The average Bonchev–Trinajstić information content (AvgIpc) is 2.91. The topological polar surface area (TPSA) is 129 Å². The summed E-state index contributed by atoms with van der Waals surface area (Å²) in [5.41, 5.74) is 0.458. The van der Waals surface area contributed by atoms with Gasteiger partial charge in [-0.3, -0.25) is 14.2 Å². The largest absolute Gasteiger partial charge is 0.394 e. The summed E-state index contributed by atoms with van der Waals surface area (Å²) < 4.78 is 30.5. The number of anilines is 1. The molecule has 2 heterocycles. The van der Waals surface area contributed by atoms with Crippen molar-refractivity contribution in [3.63, 3.8) is 0 Å². The van der Waals surface area contributed by atoms with Crippen molar-refractivity contribution in [2.24, 2.45) is 0 Å². The van der Waals surface area contributed by atoms with Crippen LogP contribution in [0.15, 0.2) is 53.3 Å². The van der Waals surface area contributed by atoms with Gasteiger partial charge in [0.05, 0.1) is 24.9 Å². The predicted octanol–water partition coefficient (Wildman–Crippen LogP) is 2.94. The number of rotatable bonds is 9. The third-order valence-electron chi connectivity index (χ3n) is 5.98. The zero-order valence-corrected chi connectivity index (χ0v) is 20.8. The number of aliphatic hydroxyl groups is 2. The highest BCUT2D eigenvalue weighted by atomic mass is 19.1. The molecule has 11 heteroatoms. The smallest absolute Gasteiger partial charge is 0.256 e. The summed E-state index contributed by atoms with van der Waals surface area (Å²) in [4.78, 5) is 34.5. The molecule has 0 saturated carbocycles. The molecule has 4 aromatic rings. The number of para-hydroxylation sites is 1. The Kier molecular flexibility index (Phi) is 8.08. The zero-order chi connectivity index (χ0) is 27.4. The van der Waals surface area contributed by atoms with Gasteiger partial charge < -0.3 is 20.8 Å². The van der Waals surface area contributed by atoms with Gasteiger partial charge in [0.2, 0.25) is 5.95 Å². The van der Waals surface area contributed by atoms with E-state index < -0.39 is 42.1 Å². The quantitative estimate of drug-likeness (QED) is 0.266. The molecule has 9 nitrogen and oxygen atoms in total. The third kappa shape index (κ3) is 5.24. The maximum atomic E-state index is 14.8. The number of aromatic nitrogens is 3. The zero-order valence-electron chi connectivity index (χ0n) is 20.8. The molecule has 0 spiro atoms. The van der Waals surface area contributed by atoms with Crippen molar-refractivity contribution in [3.05, 3.63) is 81.6 Å². The van der Waals surface area contributed by atoms with Crippen molar-refractivity contribution in [2.75, 3.05) is 25.1 Å². The number of aryl methyl sites for hydroxylation is 1. The van der Waals surface area contributed by atoms with Gasteiger partial charge >= 0.3 is 0 Å². The highest BCUT2D eigenvalue weighted by Crippen LogP contribution is 2.31. The monoisotopic (exact) mass is 523 g/mol. The molecule has 2 aromatic heterocycles. The van der Waals surface area contributed by atoms with E-state index in [1.54, 1.807) is 25.1 Å². The van der Waals surface area contributed by atoms with Crippen LogP contribution in [0.4, 0.5) is 14.7 Å². The van der Waals surface area contributed by atoms with Gasteiger partial charge in [-0.1, -0.05) is 19.1 Å². The van der Waals surface area contributed by atoms with E-state index in [1.165, 1.54) is 12.1 Å². The molecule has 2 aromatic carbocycles. The molecule has 0 bridgehead atoms. The second-order valence-electron chi connectivity index (χ2n) is 8.70. The average molecular weight is 524 g/mol. The van der Waals surface area contributed by atoms with Crippen molar-refractivity contribution in [2.45, 2.75) is 26.3 Å². The number of hydrogen-bond acceptors (Lipinski definition) is 7. The molecule has 0 aliphatic carbocycles. The molecule has 0 aliphatic rings. The van der Waals surface area contributed by atoms with Gasteiger partial charge in [-0.05, 0) is 49.2 Å². The predicted molar refractivity (Wildman–Crippen MR) is 139 cm³/mol. The Balaban J connectivity index is 2.05. The van der Waals surface area contributed by atoms with Gasteiger partial charge in [0, 0.05) is 29.1 Å². The first-order valence-electron chi connectivity index (χ1n) is 12.0. The van der Waals surface area contributed by atoms with Crippen LogP contribution in [0.5, 0.6) is 0 Å². The summed E-state index contributed by atoms with van der Waals surface area (Å²) in [6, 6.07) is 10.1. The number of carbonyl (C=O) groups excluding carboxylic acids is 1. The number of fused-ring (bicyclic) bond motifs is 1. The Bertz CT molecular complexity index is 1530. The van der Waals surface area contributed by atoms with Crippen molar-refractivity contribution in [3.8, 4) is 16.9 Å². The van der Waals surface area contributed by atoms with Gasteiger partial charge in [0.25, 0.3) is 11.5 Å². The normalized spacial score (nSPS) is 11.2. The second kappa shape index (κ2) is 11.4. The van der Waals surface area contributed by atoms with E-state index in [-0.39, 0.29) is 28.6 Å². The molecule has 0 atom stereocenters. The maximum absolute atomic E-state index is 14.8. The van der Waals surface area contributed by atoms with Crippen LogP contribution in [0.3, 0.4) is 0 Å². The van der Waals surface area contributed by atoms with Gasteiger partial charge in [-0.2, -0.15) is 4.98 Å². The van der Waals surface area contributed by atoms with Gasteiger partial charge in [0.1, 0.15) is 17.3 Å². The molecule has 0 fully saturated rings. The highest BCUT2D eigenvalue weighted by Gasteiger charge is 2.21. The number of carbonyl (C=O) groups is 1. The summed E-state index contributed by atoms with van der Waals surface area (Å²) >= 11 is 0. The number of nitrogens with zero attached hydrogens (tertiary/aromatic N) is 3. The molecule has 0 radical (unpaired) electrons. The molecule has 0 aliphatic heterocycles. The molecule has 4 rings (SSSR count). The molecule has 4 N–H and O–H groups in total. The number of benzene rings is 2. The molecule has 0 saturated heterocycles. The summed E-state index contributed by atoms with van der Waals surface area (Å²) in [7, 11) is 0. The molecular formula is C27H27F2N5O4. The Labute approximate surface area is 216 Å². The third-order valence-corrected chi connectivity index (χ3v) is 5.98. The first-order valence-corrected chi connectivity index (χ1v) is 12.0. The van der Waals surface area contributed by atoms with Gasteiger partial charge in [-0.25, -0.2) is 13.8 Å². The summed E-state index contributed by atoms with van der Waals surface area (Å²) in [6.45, 7) is 3.33. The first kappa shape index (κ1) is 26.8. The number of nitrogens with one attached hydrogen (secondary N) is 2. The maximum Gasteiger partial charge on any atom is 0.256 e. The summed E-state index contributed by atoms with van der Waals surface area (Å²) in [5, 5.41) is 25.0. The fourth-order valence-electron chi connectivity index (χ4n) is 3.99. The van der Waals surface area contributed by atoms with E-state index in [0.717, 1.165) is 34.8 Å². The van der Waals surface area contributed by atoms with Crippen LogP contribution in [-0.2, 0) is 0 Å². The van der Waals surface area contributed by atoms with Crippen molar-refractivity contribution in [1.82, 2.24) is 19.9 Å². The van der Waals surface area contributed by atoms with E-state index in [2.05, 4.69) is 20.6 Å². The van der Waals surface area contributed by atoms with Crippen molar-refractivity contribution in [1.29, 1.82) is 0 Å². The van der Waals surface area contributed by atoms with Crippen LogP contribution in [0.1, 0.15) is 29.3 Å². The van der Waals surface area contributed by atoms with Crippen LogP contribution in [-0.4, -0.2) is 56.5 Å². The van der Waals surface area contributed by atoms with E-state index in [0.29, 0.717) is 17.7 Å². The van der Waals surface area contributed by atoms with E-state index in [9.17, 15) is 28.6 Å². The molecule has 38 heavy (non-hydrogen) atoms. The fourth-order valence-corrected chi connectivity index (χ4v) is 3.99. The van der Waals surface area contributed by atoms with E-state index >= 15 is 0 Å². The second-order valence-corrected chi connectivity index (χ2v) is 8.70. The number of amides is 1. The van der Waals surface area contributed by atoms with Crippen LogP contribution >= 0.6 is 0 Å². The van der Waals surface area contributed by atoms with Crippen LogP contribution in [0.25, 0.3) is 28.0 Å². The Morgan fingerprint density at radius 1 is 1.05 bits per heavy atom. The summed E-state index contributed by atoms with van der Waals surface area (Å²) in [5.74, 6) is -2.32. The lowest BCUT2D eigenvalue weighted by molar-refractivity contribution is 0.0953. The minimum atomic E-state index is -0.969.